The van der Waals surface area contributed by atoms with E-state index in [2.05, 4.69) is 0 Å². The van der Waals surface area contributed by atoms with Crippen LogP contribution in [0.1, 0.15) is 23.6 Å². The molecule has 2 aromatic carbocycles. The standard InChI is InChI=1S/C17H21NO2S/c1-3-20-17-9-8-16(18)10-15(17)12-21(19)11-14-7-5-4-6-13(14)2/h4-10H,3,11-12,18H2,1-2H3. The van der Waals surface area contributed by atoms with Crippen molar-refractivity contribution in [1.82, 2.24) is 0 Å². The number of aryl methyl sites for hydroxylation is 1. The average molecular weight is 303 g/mol. The summed E-state index contributed by atoms with van der Waals surface area (Å²) in [5.74, 6) is 1.77. The van der Waals surface area contributed by atoms with Gasteiger partial charge in [-0.05, 0) is 43.2 Å². The van der Waals surface area contributed by atoms with Crippen LogP contribution in [0, 0.1) is 6.92 Å². The van der Waals surface area contributed by atoms with Gasteiger partial charge in [-0.25, -0.2) is 0 Å². The number of hydrogen-bond acceptors (Lipinski definition) is 3. The Morgan fingerprint density at radius 2 is 1.81 bits per heavy atom. The molecule has 1 atom stereocenters. The molecule has 3 nitrogen and oxygen atoms in total. The van der Waals surface area contributed by atoms with Gasteiger partial charge in [0.1, 0.15) is 5.75 Å². The predicted molar refractivity (Wildman–Crippen MR) is 88.8 cm³/mol. The van der Waals surface area contributed by atoms with Gasteiger partial charge in [0, 0.05) is 27.8 Å². The molecule has 4 heteroatoms. The summed E-state index contributed by atoms with van der Waals surface area (Å²) in [6, 6.07) is 13.5. The second-order valence-corrected chi connectivity index (χ2v) is 6.41. The Morgan fingerprint density at radius 3 is 2.52 bits per heavy atom. The lowest BCUT2D eigenvalue weighted by Gasteiger charge is -2.11. The third-order valence-electron chi connectivity index (χ3n) is 3.28. The highest BCUT2D eigenvalue weighted by Crippen LogP contribution is 2.24. The van der Waals surface area contributed by atoms with E-state index in [9.17, 15) is 4.21 Å². The highest BCUT2D eigenvalue weighted by molar-refractivity contribution is 7.83. The number of anilines is 1. The molecule has 0 amide bonds. The molecule has 0 heterocycles. The molecule has 0 aliphatic heterocycles. The topological polar surface area (TPSA) is 52.3 Å². The summed E-state index contributed by atoms with van der Waals surface area (Å²) in [6.45, 7) is 4.56. The summed E-state index contributed by atoms with van der Waals surface area (Å²) in [4.78, 5) is 0. The Labute approximate surface area is 128 Å². The number of nitrogens with two attached hydrogens (primary N) is 1. The highest BCUT2D eigenvalue weighted by Gasteiger charge is 2.10. The van der Waals surface area contributed by atoms with Crippen LogP contribution in [0.25, 0.3) is 0 Å². The molecule has 0 fully saturated rings. The van der Waals surface area contributed by atoms with E-state index >= 15 is 0 Å². The molecule has 0 aromatic heterocycles. The van der Waals surface area contributed by atoms with Crippen molar-refractivity contribution in [2.75, 3.05) is 12.3 Å². The first-order valence-electron chi connectivity index (χ1n) is 7.01. The van der Waals surface area contributed by atoms with Crippen molar-refractivity contribution in [2.24, 2.45) is 0 Å². The molecule has 1 unspecified atom stereocenters. The molecule has 2 rings (SSSR count). The monoisotopic (exact) mass is 303 g/mol. The molecule has 112 valence electrons. The van der Waals surface area contributed by atoms with Crippen molar-refractivity contribution < 1.29 is 8.95 Å². The van der Waals surface area contributed by atoms with Gasteiger partial charge in [0.15, 0.2) is 0 Å². The van der Waals surface area contributed by atoms with Crippen molar-refractivity contribution >= 4 is 16.5 Å². The number of benzene rings is 2. The lowest BCUT2D eigenvalue weighted by atomic mass is 10.1. The molecule has 0 bridgehead atoms. The maximum atomic E-state index is 12.4. The molecule has 0 radical (unpaired) electrons. The van der Waals surface area contributed by atoms with Crippen molar-refractivity contribution in [1.29, 1.82) is 0 Å². The van der Waals surface area contributed by atoms with Gasteiger partial charge in [0.2, 0.25) is 0 Å². The maximum Gasteiger partial charge on any atom is 0.123 e. The molecule has 2 aromatic rings. The third kappa shape index (κ3) is 4.33. The van der Waals surface area contributed by atoms with Crippen molar-refractivity contribution in [2.45, 2.75) is 25.4 Å². The molecular formula is C17H21NO2S. The smallest absolute Gasteiger partial charge is 0.123 e. The minimum atomic E-state index is -0.990. The summed E-state index contributed by atoms with van der Waals surface area (Å²) in [5.41, 5.74) is 9.69. The van der Waals surface area contributed by atoms with Gasteiger partial charge < -0.3 is 10.5 Å². The zero-order valence-electron chi connectivity index (χ0n) is 12.5. The fourth-order valence-corrected chi connectivity index (χ4v) is 3.52. The van der Waals surface area contributed by atoms with Crippen molar-refractivity contribution in [3.63, 3.8) is 0 Å². The maximum absolute atomic E-state index is 12.4. The van der Waals surface area contributed by atoms with E-state index < -0.39 is 10.8 Å². The van der Waals surface area contributed by atoms with Gasteiger partial charge in [-0.1, -0.05) is 24.3 Å². The predicted octanol–water partition coefficient (Wildman–Crippen LogP) is 3.42. The lowest BCUT2D eigenvalue weighted by molar-refractivity contribution is 0.337. The van der Waals surface area contributed by atoms with E-state index in [1.807, 2.05) is 50.2 Å². The van der Waals surface area contributed by atoms with E-state index in [-0.39, 0.29) is 0 Å². The third-order valence-corrected chi connectivity index (χ3v) is 4.54. The average Bonchev–Trinajstić information content (AvgIpc) is 2.44. The molecular weight excluding hydrogens is 282 g/mol. The van der Waals surface area contributed by atoms with Crippen LogP contribution < -0.4 is 10.5 Å². The summed E-state index contributed by atoms with van der Waals surface area (Å²) in [7, 11) is -0.990. The Kier molecular flexibility index (Phi) is 5.39. The van der Waals surface area contributed by atoms with Crippen LogP contribution in [-0.4, -0.2) is 10.8 Å². The van der Waals surface area contributed by atoms with E-state index in [0.29, 0.717) is 23.8 Å². The first-order valence-corrected chi connectivity index (χ1v) is 8.49. The second kappa shape index (κ2) is 7.27. The van der Waals surface area contributed by atoms with Gasteiger partial charge in [0.25, 0.3) is 0 Å². The van der Waals surface area contributed by atoms with Crippen LogP contribution in [0.4, 0.5) is 5.69 Å². The fraction of sp³-hybridized carbons (Fsp3) is 0.294. The molecule has 2 N–H and O–H groups in total. The Hall–Kier alpha value is -1.81. The summed E-state index contributed by atoms with van der Waals surface area (Å²) < 4.78 is 18.0. The SMILES string of the molecule is CCOc1ccc(N)cc1CS(=O)Cc1ccccc1C. The van der Waals surface area contributed by atoms with E-state index in [4.69, 9.17) is 10.5 Å². The van der Waals surface area contributed by atoms with E-state index in [0.717, 1.165) is 16.9 Å². The van der Waals surface area contributed by atoms with Crippen LogP contribution in [0.2, 0.25) is 0 Å². The Balaban J connectivity index is 2.12. The first kappa shape index (κ1) is 15.6. The van der Waals surface area contributed by atoms with Gasteiger partial charge in [-0.15, -0.1) is 0 Å². The van der Waals surface area contributed by atoms with Gasteiger partial charge in [-0.3, -0.25) is 4.21 Å². The molecule has 0 aliphatic carbocycles. The Morgan fingerprint density at radius 1 is 1.10 bits per heavy atom. The van der Waals surface area contributed by atoms with Crippen molar-refractivity contribution in [3.8, 4) is 5.75 Å². The van der Waals surface area contributed by atoms with Gasteiger partial charge >= 0.3 is 0 Å². The molecule has 0 saturated heterocycles. The van der Waals surface area contributed by atoms with Crippen LogP contribution in [0.15, 0.2) is 42.5 Å². The van der Waals surface area contributed by atoms with Crippen molar-refractivity contribution in [3.05, 3.63) is 59.2 Å². The normalized spacial score (nSPS) is 12.1. The van der Waals surface area contributed by atoms with Crippen LogP contribution in [0.3, 0.4) is 0 Å². The minimum absolute atomic E-state index is 0.453. The minimum Gasteiger partial charge on any atom is -0.494 e. The van der Waals surface area contributed by atoms with E-state index in [1.54, 1.807) is 6.07 Å². The molecule has 0 spiro atoms. The molecule has 0 aliphatic rings. The van der Waals surface area contributed by atoms with Gasteiger partial charge in [-0.2, -0.15) is 0 Å². The number of hydrogen-bond donors (Lipinski definition) is 1. The molecule has 21 heavy (non-hydrogen) atoms. The number of rotatable bonds is 6. The molecule has 0 saturated carbocycles. The highest BCUT2D eigenvalue weighted by atomic mass is 32.2. The van der Waals surface area contributed by atoms with Gasteiger partial charge in [0.05, 0.1) is 12.4 Å². The first-order chi connectivity index (χ1) is 10.1. The van der Waals surface area contributed by atoms with E-state index in [1.165, 1.54) is 5.56 Å². The quantitative estimate of drug-likeness (QED) is 0.832. The fourth-order valence-electron chi connectivity index (χ4n) is 2.18. The van der Waals surface area contributed by atoms with Crippen LogP contribution in [0.5, 0.6) is 5.75 Å². The van der Waals surface area contributed by atoms with Crippen LogP contribution in [-0.2, 0) is 22.3 Å². The number of ether oxygens (including phenoxy) is 1. The zero-order chi connectivity index (χ0) is 15.2. The number of nitrogen functional groups attached to an aromatic ring is 1. The largest absolute Gasteiger partial charge is 0.494 e. The summed E-state index contributed by atoms with van der Waals surface area (Å²) in [5, 5.41) is 0. The lowest BCUT2D eigenvalue weighted by Crippen LogP contribution is -2.04. The summed E-state index contributed by atoms with van der Waals surface area (Å²) in [6.07, 6.45) is 0. The second-order valence-electron chi connectivity index (χ2n) is 4.96. The summed E-state index contributed by atoms with van der Waals surface area (Å²) >= 11 is 0. The Bertz CT molecular complexity index is 640. The van der Waals surface area contributed by atoms with Crippen LogP contribution >= 0.6 is 0 Å². The zero-order valence-corrected chi connectivity index (χ0v) is 13.3.